The van der Waals surface area contributed by atoms with Gasteiger partial charge in [0.05, 0.1) is 42.7 Å². The molecule has 2 saturated heterocycles. The predicted octanol–water partition coefficient (Wildman–Crippen LogP) is 4.09. The molecule has 2 heterocycles. The Morgan fingerprint density at radius 1 is 0.723 bits per heavy atom. The van der Waals surface area contributed by atoms with Crippen molar-refractivity contribution in [2.75, 3.05) is 39.9 Å². The van der Waals surface area contributed by atoms with Gasteiger partial charge in [-0.05, 0) is 43.7 Å². The van der Waals surface area contributed by atoms with E-state index in [-0.39, 0.29) is 43.7 Å². The Morgan fingerprint density at radius 3 is 1.66 bits per heavy atom. The fourth-order valence-electron chi connectivity index (χ4n) is 6.81. The highest BCUT2D eigenvalue weighted by molar-refractivity contribution is 5.81. The van der Waals surface area contributed by atoms with E-state index < -0.39 is 35.1 Å². The Morgan fingerprint density at radius 2 is 1.21 bits per heavy atom. The largest absolute Gasteiger partial charge is 0.481 e. The van der Waals surface area contributed by atoms with Crippen LogP contribution < -0.4 is 0 Å². The van der Waals surface area contributed by atoms with Crippen molar-refractivity contribution in [3.8, 4) is 0 Å². The topological polar surface area (TPSA) is 152 Å². The number of carbonyl (C=O) groups excluding carboxylic acids is 3. The van der Waals surface area contributed by atoms with Gasteiger partial charge >= 0.3 is 24.1 Å². The summed E-state index contributed by atoms with van der Waals surface area (Å²) in [7, 11) is 1.56. The lowest BCUT2D eigenvalue weighted by atomic mass is 9.86. The summed E-state index contributed by atoms with van der Waals surface area (Å²) in [5, 5.41) is 19.8. The maximum absolute atomic E-state index is 12.2. The molecule has 2 aromatic rings. The molecule has 12 heteroatoms. The minimum absolute atomic E-state index is 0.172. The first-order valence-electron chi connectivity index (χ1n) is 16.2. The first-order chi connectivity index (χ1) is 22.6. The summed E-state index contributed by atoms with van der Waals surface area (Å²) in [6, 6.07) is 18.9. The van der Waals surface area contributed by atoms with E-state index in [1.54, 1.807) is 18.9 Å². The summed E-state index contributed by atoms with van der Waals surface area (Å²) in [6.07, 6.45) is 0.874. The van der Waals surface area contributed by atoms with Gasteiger partial charge in [0.2, 0.25) is 0 Å². The summed E-state index contributed by atoms with van der Waals surface area (Å²) in [6.45, 7) is 3.77. The molecule has 12 nitrogen and oxygen atoms in total. The van der Waals surface area contributed by atoms with Crippen molar-refractivity contribution < 1.29 is 48.3 Å². The maximum Gasteiger partial charge on any atom is 0.410 e. The second-order valence-corrected chi connectivity index (χ2v) is 12.8. The van der Waals surface area contributed by atoms with Crippen LogP contribution in [0.2, 0.25) is 0 Å². The number of carbonyl (C=O) groups is 4. The molecule has 2 N–H and O–H groups in total. The van der Waals surface area contributed by atoms with Crippen molar-refractivity contribution in [1.29, 1.82) is 0 Å². The number of carboxylic acids is 1. The molecule has 4 atom stereocenters. The standard InChI is InChI=1S/C18H23NO5.C17H21NO5/c1-2-23-16(21)18(8-9-18)14-10-19(11-15(14)20)17(22)24-12-13-6-4-3-5-7-13;1-22-14-10-18(9-13(14)17(7-8-17)15(19)20)16(21)23-11-12-5-3-2-4-6-12/h3-7,14-15,20H,2,8-12H2,1H3;2-6,13-14H,7-11H2,1H3,(H,19,20)/t14-,15-;13-,14?/m00/s1. The van der Waals surface area contributed by atoms with Gasteiger partial charge in [-0.2, -0.15) is 0 Å². The molecule has 2 aliphatic heterocycles. The lowest BCUT2D eigenvalue weighted by Gasteiger charge is -2.23. The van der Waals surface area contributed by atoms with E-state index in [9.17, 15) is 29.4 Å². The van der Waals surface area contributed by atoms with Crippen LogP contribution in [0.15, 0.2) is 60.7 Å². The molecule has 0 spiro atoms. The molecule has 2 saturated carbocycles. The molecule has 4 aliphatic rings. The van der Waals surface area contributed by atoms with Crippen LogP contribution in [0, 0.1) is 22.7 Å². The van der Waals surface area contributed by atoms with Crippen molar-refractivity contribution in [3.63, 3.8) is 0 Å². The lowest BCUT2D eigenvalue weighted by Crippen LogP contribution is -2.35. The molecule has 47 heavy (non-hydrogen) atoms. The average Bonchev–Trinajstić information content (AvgIpc) is 4.00. The number of aliphatic hydroxyl groups is 1. The minimum Gasteiger partial charge on any atom is -0.481 e. The fraction of sp³-hybridized carbons (Fsp3) is 0.543. The number of esters is 1. The molecule has 4 fully saturated rings. The van der Waals surface area contributed by atoms with Crippen LogP contribution in [0.1, 0.15) is 43.7 Å². The third-order valence-corrected chi connectivity index (χ3v) is 9.89. The maximum atomic E-state index is 12.2. The van der Waals surface area contributed by atoms with E-state index in [4.69, 9.17) is 18.9 Å². The number of benzene rings is 2. The third-order valence-electron chi connectivity index (χ3n) is 9.89. The zero-order valence-corrected chi connectivity index (χ0v) is 26.9. The number of aliphatic carboxylic acids is 1. The zero-order valence-electron chi connectivity index (χ0n) is 26.9. The number of ether oxygens (including phenoxy) is 4. The van der Waals surface area contributed by atoms with Gasteiger partial charge in [-0.3, -0.25) is 9.59 Å². The number of amides is 2. The second kappa shape index (κ2) is 14.7. The Kier molecular flexibility index (Phi) is 10.7. The Balaban J connectivity index is 0.000000185. The van der Waals surface area contributed by atoms with E-state index in [1.807, 2.05) is 60.7 Å². The van der Waals surface area contributed by atoms with Gasteiger partial charge in [0.25, 0.3) is 0 Å². The first kappa shape index (κ1) is 34.2. The zero-order chi connectivity index (χ0) is 33.6. The van der Waals surface area contributed by atoms with Gasteiger partial charge in [-0.25, -0.2) is 9.59 Å². The molecule has 2 amide bonds. The number of hydrogen-bond acceptors (Lipinski definition) is 9. The van der Waals surface area contributed by atoms with E-state index >= 15 is 0 Å². The monoisotopic (exact) mass is 652 g/mol. The molecule has 0 radical (unpaired) electrons. The number of methoxy groups -OCH3 is 1. The third kappa shape index (κ3) is 7.70. The molecular weight excluding hydrogens is 608 g/mol. The van der Waals surface area contributed by atoms with Crippen LogP contribution in [0.25, 0.3) is 0 Å². The SMILES string of the molecule is CCOC(=O)C1([C@H]2CN(C(=O)OCc3ccccc3)C[C@@H]2O)CC1.COC1CN(C(=O)OCc2ccccc2)C[C@@H]1C1(C(=O)O)CC1. The van der Waals surface area contributed by atoms with Gasteiger partial charge in [0.15, 0.2) is 0 Å². The summed E-state index contributed by atoms with van der Waals surface area (Å²) < 4.78 is 21.2. The predicted molar refractivity (Wildman–Crippen MR) is 168 cm³/mol. The van der Waals surface area contributed by atoms with Crippen LogP contribution in [0.4, 0.5) is 9.59 Å². The lowest BCUT2D eigenvalue weighted by molar-refractivity contribution is -0.153. The van der Waals surface area contributed by atoms with Crippen LogP contribution >= 0.6 is 0 Å². The van der Waals surface area contributed by atoms with Crippen molar-refractivity contribution >= 4 is 24.1 Å². The van der Waals surface area contributed by atoms with Gasteiger partial charge in [-0.15, -0.1) is 0 Å². The van der Waals surface area contributed by atoms with E-state index in [1.165, 1.54) is 4.90 Å². The summed E-state index contributed by atoms with van der Waals surface area (Å²) >= 11 is 0. The highest BCUT2D eigenvalue weighted by atomic mass is 16.6. The van der Waals surface area contributed by atoms with Gasteiger partial charge in [0, 0.05) is 32.0 Å². The van der Waals surface area contributed by atoms with Crippen LogP contribution in [0.3, 0.4) is 0 Å². The number of rotatable bonds is 10. The van der Waals surface area contributed by atoms with Crippen molar-refractivity contribution in [2.45, 2.75) is 58.0 Å². The molecule has 2 aliphatic carbocycles. The average molecular weight is 653 g/mol. The molecule has 254 valence electrons. The Hall–Kier alpha value is -4.16. The van der Waals surface area contributed by atoms with Crippen molar-refractivity contribution in [2.24, 2.45) is 22.7 Å². The summed E-state index contributed by atoms with van der Waals surface area (Å²) in [5.74, 6) is -1.49. The highest BCUT2D eigenvalue weighted by Crippen LogP contribution is 2.56. The molecular formula is C35H44N2O10. The number of likely N-dealkylation sites (tertiary alicyclic amines) is 2. The van der Waals surface area contributed by atoms with Crippen LogP contribution in [0.5, 0.6) is 0 Å². The molecule has 2 aromatic carbocycles. The van der Waals surface area contributed by atoms with E-state index in [0.29, 0.717) is 51.9 Å². The molecule has 0 aromatic heterocycles. The fourth-order valence-corrected chi connectivity index (χ4v) is 6.81. The number of carboxylic acid groups (broad SMARTS) is 1. The van der Waals surface area contributed by atoms with Crippen LogP contribution in [-0.4, -0.2) is 96.2 Å². The Bertz CT molecular complexity index is 1400. The second-order valence-electron chi connectivity index (χ2n) is 12.8. The highest BCUT2D eigenvalue weighted by Gasteiger charge is 2.62. The number of aliphatic hydroxyl groups excluding tert-OH is 1. The van der Waals surface area contributed by atoms with Gasteiger partial charge in [-0.1, -0.05) is 60.7 Å². The van der Waals surface area contributed by atoms with Crippen molar-refractivity contribution in [1.82, 2.24) is 9.80 Å². The smallest absolute Gasteiger partial charge is 0.410 e. The first-order valence-corrected chi connectivity index (χ1v) is 16.2. The van der Waals surface area contributed by atoms with Gasteiger partial charge < -0.3 is 39.0 Å². The minimum atomic E-state index is -0.788. The molecule has 1 unspecified atom stereocenters. The quantitative estimate of drug-likeness (QED) is 0.284. The van der Waals surface area contributed by atoms with Crippen molar-refractivity contribution in [3.05, 3.63) is 71.8 Å². The van der Waals surface area contributed by atoms with Gasteiger partial charge in [0.1, 0.15) is 13.2 Å². The Labute approximate surface area is 274 Å². The molecule has 6 rings (SSSR count). The number of nitrogens with zero attached hydrogens (tertiary/aromatic N) is 2. The van der Waals surface area contributed by atoms with E-state index in [2.05, 4.69) is 0 Å². The van der Waals surface area contributed by atoms with E-state index in [0.717, 1.165) is 11.1 Å². The number of hydrogen-bond donors (Lipinski definition) is 2. The summed E-state index contributed by atoms with van der Waals surface area (Å²) in [4.78, 5) is 51.2. The van der Waals surface area contributed by atoms with Crippen LogP contribution in [-0.2, 0) is 41.8 Å². The normalized spacial score (nSPS) is 24.8. The number of β-amino-alcohol motifs (C(OH)–C–C–N with tert-alkyl or cyclic N) is 1. The molecule has 0 bridgehead atoms. The summed E-state index contributed by atoms with van der Waals surface area (Å²) in [5.41, 5.74) is 0.482.